The third-order valence-electron chi connectivity index (χ3n) is 6.07. The zero-order chi connectivity index (χ0) is 25.5. The molecule has 2 heterocycles. The Kier molecular flexibility index (Phi) is 13.2. The number of aryl methyl sites for hydroxylation is 1. The molecule has 7 heteroatoms. The van der Waals surface area contributed by atoms with Gasteiger partial charge in [-0.25, -0.2) is 0 Å². The number of nitrogens with zero attached hydrogens (tertiary/aromatic N) is 2. The number of likely N-dealkylation sites (tertiary alicyclic amines) is 2. The molecule has 34 heavy (non-hydrogen) atoms. The molecule has 0 saturated carbocycles. The SMILES string of the molecule is C=C1[C@@H](NC)CCCN1CC(=O)N1CCCC1.C=O.C=O.COc1ccc2ccc(C)cc2c1. The predicted octanol–water partition coefficient (Wildman–Crippen LogP) is 3.59. The van der Waals surface area contributed by atoms with E-state index in [1.165, 1.54) is 16.3 Å². The number of hydrogen-bond donors (Lipinski definition) is 1. The van der Waals surface area contributed by atoms with Crippen molar-refractivity contribution in [3.05, 3.63) is 54.2 Å². The molecule has 2 fully saturated rings. The highest BCUT2D eigenvalue weighted by atomic mass is 16.5. The average molecular weight is 470 g/mol. The fourth-order valence-corrected chi connectivity index (χ4v) is 4.21. The highest BCUT2D eigenvalue weighted by molar-refractivity contribution is 5.84. The molecular weight excluding hydrogens is 430 g/mol. The minimum absolute atomic E-state index is 0.264. The minimum atomic E-state index is 0.264. The lowest BCUT2D eigenvalue weighted by molar-refractivity contribution is -0.131. The molecule has 4 rings (SSSR count). The quantitative estimate of drug-likeness (QED) is 0.737. The van der Waals surface area contributed by atoms with Crippen molar-refractivity contribution in [3.8, 4) is 5.75 Å². The maximum Gasteiger partial charge on any atom is 0.242 e. The molecule has 2 aliphatic rings. The highest BCUT2D eigenvalue weighted by Gasteiger charge is 2.26. The number of amides is 1. The summed E-state index contributed by atoms with van der Waals surface area (Å²) in [5.41, 5.74) is 2.35. The molecule has 2 aliphatic heterocycles. The Morgan fingerprint density at radius 3 is 2.26 bits per heavy atom. The van der Waals surface area contributed by atoms with Crippen molar-refractivity contribution in [2.45, 2.75) is 38.6 Å². The molecule has 2 saturated heterocycles. The molecule has 0 aliphatic carbocycles. The van der Waals surface area contributed by atoms with Crippen molar-refractivity contribution < 1.29 is 19.1 Å². The van der Waals surface area contributed by atoms with Crippen molar-refractivity contribution in [2.75, 3.05) is 40.3 Å². The maximum atomic E-state index is 12.1. The van der Waals surface area contributed by atoms with Gasteiger partial charge in [-0.2, -0.15) is 0 Å². The van der Waals surface area contributed by atoms with Crippen LogP contribution in [0.5, 0.6) is 5.75 Å². The molecule has 0 spiro atoms. The zero-order valence-corrected chi connectivity index (χ0v) is 20.8. The molecule has 2 aromatic rings. The van der Waals surface area contributed by atoms with Crippen molar-refractivity contribution in [3.63, 3.8) is 0 Å². The van der Waals surface area contributed by atoms with Gasteiger partial charge >= 0.3 is 0 Å². The fourth-order valence-electron chi connectivity index (χ4n) is 4.21. The van der Waals surface area contributed by atoms with Gasteiger partial charge in [-0.15, -0.1) is 0 Å². The van der Waals surface area contributed by atoms with Crippen LogP contribution in [0.4, 0.5) is 0 Å². The number of ether oxygens (including phenoxy) is 1. The van der Waals surface area contributed by atoms with E-state index in [2.05, 4.69) is 54.1 Å². The summed E-state index contributed by atoms with van der Waals surface area (Å²) in [5.74, 6) is 1.18. The van der Waals surface area contributed by atoms with E-state index in [9.17, 15) is 4.79 Å². The summed E-state index contributed by atoms with van der Waals surface area (Å²) in [7, 11) is 3.65. The number of rotatable bonds is 4. The Morgan fingerprint density at radius 2 is 1.65 bits per heavy atom. The van der Waals surface area contributed by atoms with Crippen LogP contribution in [-0.4, -0.2) is 75.7 Å². The number of fused-ring (bicyclic) bond motifs is 1. The Hall–Kier alpha value is -3.19. The number of piperidine rings is 1. The monoisotopic (exact) mass is 469 g/mol. The highest BCUT2D eigenvalue weighted by Crippen LogP contribution is 2.22. The van der Waals surface area contributed by atoms with Gasteiger partial charge in [0.2, 0.25) is 5.91 Å². The van der Waals surface area contributed by atoms with Crippen LogP contribution in [0.1, 0.15) is 31.2 Å². The summed E-state index contributed by atoms with van der Waals surface area (Å²) >= 11 is 0. The fraction of sp³-hybridized carbons (Fsp3) is 0.444. The first-order valence-corrected chi connectivity index (χ1v) is 11.5. The van der Waals surface area contributed by atoms with Crippen LogP contribution in [0.25, 0.3) is 10.8 Å². The molecule has 0 aromatic heterocycles. The number of methoxy groups -OCH3 is 1. The number of likely N-dealkylation sites (N-methyl/N-ethyl adjacent to an activating group) is 1. The van der Waals surface area contributed by atoms with Crippen molar-refractivity contribution in [2.24, 2.45) is 0 Å². The molecule has 0 unspecified atom stereocenters. The van der Waals surface area contributed by atoms with Crippen LogP contribution in [-0.2, 0) is 14.4 Å². The number of carbonyl (C=O) groups is 3. The van der Waals surface area contributed by atoms with Crippen LogP contribution >= 0.6 is 0 Å². The lowest BCUT2D eigenvalue weighted by Gasteiger charge is -2.36. The lowest BCUT2D eigenvalue weighted by atomic mass is 10.0. The van der Waals surface area contributed by atoms with Crippen molar-refractivity contribution in [1.29, 1.82) is 0 Å². The van der Waals surface area contributed by atoms with Gasteiger partial charge < -0.3 is 29.4 Å². The minimum Gasteiger partial charge on any atom is -0.497 e. The Bertz CT molecular complexity index is 910. The van der Waals surface area contributed by atoms with Crippen LogP contribution in [0.15, 0.2) is 48.7 Å². The first-order valence-electron chi connectivity index (χ1n) is 11.5. The largest absolute Gasteiger partial charge is 0.497 e. The van der Waals surface area contributed by atoms with Gasteiger partial charge in [-0.1, -0.05) is 36.4 Å². The Labute approximate surface area is 203 Å². The van der Waals surface area contributed by atoms with Crippen molar-refractivity contribution in [1.82, 2.24) is 15.1 Å². The topological polar surface area (TPSA) is 79.0 Å². The van der Waals surface area contributed by atoms with Crippen molar-refractivity contribution >= 4 is 30.3 Å². The zero-order valence-electron chi connectivity index (χ0n) is 20.8. The molecule has 186 valence electrons. The third kappa shape index (κ3) is 8.30. The molecule has 2 aromatic carbocycles. The molecule has 7 nitrogen and oxygen atoms in total. The lowest BCUT2D eigenvalue weighted by Crippen LogP contribution is -2.46. The van der Waals surface area contributed by atoms with E-state index in [1.54, 1.807) is 7.11 Å². The smallest absolute Gasteiger partial charge is 0.242 e. The normalized spacial score (nSPS) is 16.9. The second-order valence-corrected chi connectivity index (χ2v) is 8.20. The third-order valence-corrected chi connectivity index (χ3v) is 6.07. The first kappa shape index (κ1) is 28.8. The summed E-state index contributed by atoms with van der Waals surface area (Å²) in [6.45, 7) is 13.6. The van der Waals surface area contributed by atoms with Gasteiger partial charge in [0.05, 0.1) is 13.7 Å². The molecular formula is C27H39N3O4. The van der Waals surface area contributed by atoms with E-state index < -0.39 is 0 Å². The predicted molar refractivity (Wildman–Crippen MR) is 138 cm³/mol. The maximum absolute atomic E-state index is 12.1. The van der Waals surface area contributed by atoms with E-state index in [0.717, 1.165) is 56.8 Å². The van der Waals surface area contributed by atoms with Crippen LogP contribution in [0, 0.1) is 6.92 Å². The number of hydrogen-bond acceptors (Lipinski definition) is 6. The van der Waals surface area contributed by atoms with E-state index in [4.69, 9.17) is 14.3 Å². The summed E-state index contributed by atoms with van der Waals surface area (Å²) in [6.07, 6.45) is 4.58. The second-order valence-electron chi connectivity index (χ2n) is 8.20. The summed E-state index contributed by atoms with van der Waals surface area (Å²) in [6, 6.07) is 12.9. The summed E-state index contributed by atoms with van der Waals surface area (Å²) in [4.78, 5) is 32.2. The Balaban J connectivity index is 0.000000304. The van der Waals surface area contributed by atoms with Crippen LogP contribution in [0.3, 0.4) is 0 Å². The van der Waals surface area contributed by atoms with Gasteiger partial charge in [0.1, 0.15) is 19.3 Å². The standard InChI is InChI=1S/C13H23N3O.C12H12O.2CH2O/c1-11-12(14-2)6-5-9-16(11)10-13(17)15-7-3-4-8-15;1-9-3-4-10-5-6-12(13-2)8-11(10)7-9;2*1-2/h12,14H,1,3-10H2,2H3;3-8H,1-2H3;2*1H2/t12-;;;/m0.../s1. The number of benzene rings is 2. The van der Waals surface area contributed by atoms with Crippen LogP contribution < -0.4 is 10.1 Å². The van der Waals surface area contributed by atoms with E-state index in [1.807, 2.05) is 31.6 Å². The Morgan fingerprint density at radius 1 is 1.00 bits per heavy atom. The van der Waals surface area contributed by atoms with Gasteiger partial charge in [-0.05, 0) is 62.6 Å². The van der Waals surface area contributed by atoms with Gasteiger partial charge in [0.15, 0.2) is 0 Å². The van der Waals surface area contributed by atoms with E-state index >= 15 is 0 Å². The van der Waals surface area contributed by atoms with Gasteiger partial charge in [-0.3, -0.25) is 4.79 Å². The molecule has 0 bridgehead atoms. The van der Waals surface area contributed by atoms with Crippen LogP contribution in [0.2, 0.25) is 0 Å². The molecule has 1 amide bonds. The molecule has 1 atom stereocenters. The summed E-state index contributed by atoms with van der Waals surface area (Å²) in [5, 5.41) is 5.75. The molecule has 1 N–H and O–H groups in total. The summed E-state index contributed by atoms with van der Waals surface area (Å²) < 4.78 is 5.16. The first-order chi connectivity index (χ1) is 16.5. The van der Waals surface area contributed by atoms with E-state index in [0.29, 0.717) is 12.6 Å². The average Bonchev–Trinajstić information content (AvgIpc) is 3.43. The van der Waals surface area contributed by atoms with Gasteiger partial charge in [0.25, 0.3) is 0 Å². The number of carbonyl (C=O) groups excluding carboxylic acids is 3. The van der Waals surface area contributed by atoms with E-state index in [-0.39, 0.29) is 5.91 Å². The van der Waals surface area contributed by atoms with Gasteiger partial charge in [0, 0.05) is 31.4 Å². The second kappa shape index (κ2) is 15.6. The molecule has 0 radical (unpaired) electrons. The number of nitrogens with one attached hydrogen (secondary N) is 1.